The number of carbonyl (C=O) groups excluding carboxylic acids is 1. The van der Waals surface area contributed by atoms with Crippen molar-refractivity contribution < 1.29 is 22.3 Å². The first-order valence-electron chi connectivity index (χ1n) is 9.10. The monoisotopic (exact) mass is 467 g/mol. The second-order valence-electron chi connectivity index (χ2n) is 6.44. The minimum Gasteiger partial charge on any atom is -0.379 e. The van der Waals surface area contributed by atoms with Crippen LogP contribution in [0.15, 0.2) is 46.0 Å². The van der Waals surface area contributed by atoms with Crippen molar-refractivity contribution in [3.05, 3.63) is 58.2 Å². The van der Waals surface area contributed by atoms with Crippen molar-refractivity contribution in [3.63, 3.8) is 0 Å². The van der Waals surface area contributed by atoms with Gasteiger partial charge in [-0.3, -0.25) is 4.79 Å². The maximum atomic E-state index is 13.9. The van der Waals surface area contributed by atoms with E-state index in [1.165, 1.54) is 21.7 Å². The Morgan fingerprint density at radius 3 is 2.73 bits per heavy atom. The predicted octanol–water partition coefficient (Wildman–Crippen LogP) is 2.96. The molecule has 7 nitrogen and oxygen atoms in total. The van der Waals surface area contributed by atoms with Crippen LogP contribution in [0.1, 0.15) is 15.4 Å². The third kappa shape index (κ3) is 4.44. The molecule has 1 aromatic carbocycles. The first-order chi connectivity index (χ1) is 14.4. The molecule has 0 spiro atoms. The van der Waals surface area contributed by atoms with Crippen molar-refractivity contribution in [1.29, 1.82) is 0 Å². The van der Waals surface area contributed by atoms with Crippen molar-refractivity contribution in [2.75, 3.05) is 26.3 Å². The number of nitrogens with zero attached hydrogens (tertiary/aromatic N) is 2. The van der Waals surface area contributed by atoms with E-state index in [1.54, 1.807) is 35.7 Å². The van der Waals surface area contributed by atoms with Crippen LogP contribution in [0.3, 0.4) is 0 Å². The highest BCUT2D eigenvalue weighted by Gasteiger charge is 2.27. The molecule has 30 heavy (non-hydrogen) atoms. The highest BCUT2D eigenvalue weighted by molar-refractivity contribution is 7.91. The van der Waals surface area contributed by atoms with Crippen LogP contribution < -0.4 is 5.32 Å². The van der Waals surface area contributed by atoms with E-state index in [1.807, 2.05) is 0 Å². The minimum atomic E-state index is -3.55. The van der Waals surface area contributed by atoms with E-state index in [4.69, 9.17) is 4.74 Å². The molecular weight excluding hydrogens is 449 g/mol. The average molecular weight is 468 g/mol. The lowest BCUT2D eigenvalue weighted by molar-refractivity contribution is 0.0731. The zero-order valence-corrected chi connectivity index (χ0v) is 18.2. The Morgan fingerprint density at radius 2 is 1.97 bits per heavy atom. The van der Waals surface area contributed by atoms with Gasteiger partial charge in [0.2, 0.25) is 0 Å². The third-order valence-corrected chi connectivity index (χ3v) is 8.79. The zero-order valence-electron chi connectivity index (χ0n) is 15.7. The summed E-state index contributed by atoms with van der Waals surface area (Å²) in [5, 5.41) is 4.73. The standard InChI is InChI=1S/C19H18FN3O4S3/c20-15-4-2-1-3-14(15)19-22-16(12-28-19)18(24)21-11-13-5-6-17(29-13)30(25,26)23-7-9-27-10-8-23/h1-6,12H,7-11H2,(H,21,24). The van der Waals surface area contributed by atoms with E-state index in [-0.39, 0.29) is 16.4 Å². The van der Waals surface area contributed by atoms with Gasteiger partial charge < -0.3 is 10.1 Å². The van der Waals surface area contributed by atoms with Crippen molar-refractivity contribution >= 4 is 38.6 Å². The molecule has 0 aliphatic carbocycles. The largest absolute Gasteiger partial charge is 0.379 e. The molecule has 158 valence electrons. The number of sulfonamides is 1. The van der Waals surface area contributed by atoms with Crippen molar-refractivity contribution in [2.45, 2.75) is 10.8 Å². The summed E-state index contributed by atoms with van der Waals surface area (Å²) < 4.78 is 46.1. The first-order valence-corrected chi connectivity index (χ1v) is 12.2. The lowest BCUT2D eigenvalue weighted by Gasteiger charge is -2.25. The van der Waals surface area contributed by atoms with Gasteiger partial charge in [0.05, 0.1) is 19.8 Å². The molecule has 1 aliphatic heterocycles. The number of nitrogens with one attached hydrogen (secondary N) is 1. The number of carbonyl (C=O) groups is 1. The van der Waals surface area contributed by atoms with E-state index in [2.05, 4.69) is 10.3 Å². The van der Waals surface area contributed by atoms with Gasteiger partial charge in [-0.2, -0.15) is 4.31 Å². The smallest absolute Gasteiger partial charge is 0.271 e. The topological polar surface area (TPSA) is 88.6 Å². The molecular formula is C19H18FN3O4S3. The van der Waals surface area contributed by atoms with E-state index < -0.39 is 21.7 Å². The second kappa shape index (κ2) is 8.90. The van der Waals surface area contributed by atoms with E-state index in [0.29, 0.717) is 41.8 Å². The van der Waals surface area contributed by atoms with Crippen LogP contribution >= 0.6 is 22.7 Å². The minimum absolute atomic E-state index is 0.175. The zero-order chi connectivity index (χ0) is 21.1. The summed E-state index contributed by atoms with van der Waals surface area (Å²) in [5.74, 6) is -0.800. The molecule has 1 aliphatic rings. The molecule has 11 heteroatoms. The highest BCUT2D eigenvalue weighted by Crippen LogP contribution is 2.27. The molecule has 3 aromatic rings. The Morgan fingerprint density at radius 1 is 1.20 bits per heavy atom. The molecule has 1 amide bonds. The van der Waals surface area contributed by atoms with Gasteiger partial charge in [0, 0.05) is 28.9 Å². The predicted molar refractivity (Wildman–Crippen MR) is 113 cm³/mol. The van der Waals surface area contributed by atoms with Gasteiger partial charge in [-0.1, -0.05) is 12.1 Å². The third-order valence-electron chi connectivity index (χ3n) is 4.47. The van der Waals surface area contributed by atoms with Crippen LogP contribution in [0, 0.1) is 5.82 Å². The quantitative estimate of drug-likeness (QED) is 0.602. The molecule has 0 saturated carbocycles. The summed E-state index contributed by atoms with van der Waals surface area (Å²) in [5.41, 5.74) is 0.536. The molecule has 1 fully saturated rings. The van der Waals surface area contributed by atoms with E-state index in [9.17, 15) is 17.6 Å². The molecule has 0 bridgehead atoms. The van der Waals surface area contributed by atoms with E-state index in [0.717, 1.165) is 11.3 Å². The van der Waals surface area contributed by atoms with Crippen molar-refractivity contribution in [1.82, 2.24) is 14.6 Å². The molecule has 2 aromatic heterocycles. The van der Waals surface area contributed by atoms with Crippen LogP contribution in [0.4, 0.5) is 4.39 Å². The van der Waals surface area contributed by atoms with Crippen LogP contribution in [-0.2, 0) is 21.3 Å². The van der Waals surface area contributed by atoms with Crippen LogP contribution in [0.5, 0.6) is 0 Å². The second-order valence-corrected chi connectivity index (χ2v) is 10.6. The van der Waals surface area contributed by atoms with Gasteiger partial charge in [-0.15, -0.1) is 22.7 Å². The number of benzene rings is 1. The fourth-order valence-electron chi connectivity index (χ4n) is 2.90. The maximum Gasteiger partial charge on any atom is 0.271 e. The Labute approximate surface area is 181 Å². The summed E-state index contributed by atoms with van der Waals surface area (Å²) in [6.45, 7) is 1.61. The van der Waals surface area contributed by atoms with Crippen LogP contribution in [-0.4, -0.2) is 49.9 Å². The van der Waals surface area contributed by atoms with Crippen LogP contribution in [0.2, 0.25) is 0 Å². The Balaban J connectivity index is 1.40. The fourth-order valence-corrected chi connectivity index (χ4v) is 6.58. The summed E-state index contributed by atoms with van der Waals surface area (Å²) in [6.07, 6.45) is 0. The highest BCUT2D eigenvalue weighted by atomic mass is 32.2. The summed E-state index contributed by atoms with van der Waals surface area (Å²) in [4.78, 5) is 17.3. The van der Waals surface area contributed by atoms with Gasteiger partial charge in [0.15, 0.2) is 0 Å². The van der Waals surface area contributed by atoms with Gasteiger partial charge in [0.1, 0.15) is 20.7 Å². The molecule has 0 unspecified atom stereocenters. The van der Waals surface area contributed by atoms with Gasteiger partial charge in [-0.05, 0) is 24.3 Å². The number of hydrogen-bond acceptors (Lipinski definition) is 7. The van der Waals surface area contributed by atoms with E-state index >= 15 is 0 Å². The number of hydrogen-bond donors (Lipinski definition) is 1. The van der Waals surface area contributed by atoms with Crippen molar-refractivity contribution in [3.8, 4) is 10.6 Å². The normalized spacial score (nSPS) is 15.2. The SMILES string of the molecule is O=C(NCc1ccc(S(=O)(=O)N2CCOCC2)s1)c1csc(-c2ccccc2F)n1. The first kappa shape index (κ1) is 21.1. The number of thiophene rings is 1. The lowest BCUT2D eigenvalue weighted by Crippen LogP contribution is -2.40. The number of thiazole rings is 1. The Hall–Kier alpha value is -2.18. The summed E-state index contributed by atoms with van der Waals surface area (Å²) >= 11 is 2.31. The number of rotatable bonds is 6. The van der Waals surface area contributed by atoms with Crippen LogP contribution in [0.25, 0.3) is 10.6 Å². The molecule has 0 radical (unpaired) electrons. The number of halogens is 1. The van der Waals surface area contributed by atoms with Gasteiger partial charge in [-0.25, -0.2) is 17.8 Å². The van der Waals surface area contributed by atoms with Crippen molar-refractivity contribution in [2.24, 2.45) is 0 Å². The number of ether oxygens (including phenoxy) is 1. The molecule has 3 heterocycles. The lowest BCUT2D eigenvalue weighted by atomic mass is 10.2. The molecule has 1 saturated heterocycles. The Kier molecular flexibility index (Phi) is 6.25. The Bertz CT molecular complexity index is 1150. The molecule has 1 N–H and O–H groups in total. The number of aromatic nitrogens is 1. The van der Waals surface area contributed by atoms with Gasteiger partial charge >= 0.3 is 0 Å². The number of amides is 1. The van der Waals surface area contributed by atoms with Gasteiger partial charge in [0.25, 0.3) is 15.9 Å². The number of morpholine rings is 1. The summed E-state index contributed by atoms with van der Waals surface area (Å²) in [6, 6.07) is 9.49. The molecule has 0 atom stereocenters. The average Bonchev–Trinajstić information content (AvgIpc) is 3.43. The maximum absolute atomic E-state index is 13.9. The molecule has 4 rings (SSSR count). The fraction of sp³-hybridized carbons (Fsp3) is 0.263. The summed E-state index contributed by atoms with van der Waals surface area (Å²) in [7, 11) is -3.55.